The van der Waals surface area contributed by atoms with E-state index in [9.17, 15) is 14.4 Å². The van der Waals surface area contributed by atoms with Gasteiger partial charge in [0.05, 0.1) is 16.7 Å². The van der Waals surface area contributed by atoms with Crippen molar-refractivity contribution in [3.63, 3.8) is 0 Å². The third-order valence-corrected chi connectivity index (χ3v) is 3.51. The number of carbonyl (C=O) groups is 3. The first-order valence-corrected chi connectivity index (χ1v) is 6.54. The Morgan fingerprint density at radius 3 is 3.00 bits per heavy atom. The standard InChI is InChI=1S/C11H12N4O3S/c1-12-11(18)13-2-3-19-8-4-7(16)9-6(10(8)17)5-14-15-9/h4-5H,2-3H2,1H3,(H,14,15)(H2,12,13,18). The van der Waals surface area contributed by atoms with Crippen molar-refractivity contribution in [1.29, 1.82) is 0 Å². The summed E-state index contributed by atoms with van der Waals surface area (Å²) in [5, 5.41) is 11.2. The van der Waals surface area contributed by atoms with E-state index >= 15 is 0 Å². The molecular formula is C11H12N4O3S. The molecule has 1 heterocycles. The molecule has 0 unspecified atom stereocenters. The number of aromatic amines is 1. The number of carbonyl (C=O) groups excluding carboxylic acids is 3. The van der Waals surface area contributed by atoms with E-state index in [1.165, 1.54) is 31.1 Å². The molecule has 7 nitrogen and oxygen atoms in total. The summed E-state index contributed by atoms with van der Waals surface area (Å²) in [5.41, 5.74) is 0.534. The minimum absolute atomic E-state index is 0.215. The Bertz CT molecular complexity index is 564. The summed E-state index contributed by atoms with van der Waals surface area (Å²) in [4.78, 5) is 35.0. The third-order valence-electron chi connectivity index (χ3n) is 2.49. The third kappa shape index (κ3) is 2.84. The molecule has 0 aliphatic heterocycles. The van der Waals surface area contributed by atoms with Crippen LogP contribution in [0.5, 0.6) is 0 Å². The zero-order valence-electron chi connectivity index (χ0n) is 10.1. The quantitative estimate of drug-likeness (QED) is 0.690. The van der Waals surface area contributed by atoms with Crippen molar-refractivity contribution < 1.29 is 14.4 Å². The Kier molecular flexibility index (Phi) is 4.00. The van der Waals surface area contributed by atoms with Crippen LogP contribution in [-0.4, -0.2) is 47.1 Å². The molecule has 0 fully saturated rings. The topological polar surface area (TPSA) is 104 Å². The van der Waals surface area contributed by atoms with Crippen molar-refractivity contribution in [1.82, 2.24) is 20.8 Å². The van der Waals surface area contributed by atoms with Gasteiger partial charge in [-0.25, -0.2) is 4.79 Å². The summed E-state index contributed by atoms with van der Waals surface area (Å²) in [7, 11) is 1.52. The van der Waals surface area contributed by atoms with E-state index in [4.69, 9.17) is 0 Å². The van der Waals surface area contributed by atoms with E-state index < -0.39 is 0 Å². The Morgan fingerprint density at radius 2 is 2.26 bits per heavy atom. The lowest BCUT2D eigenvalue weighted by atomic mass is 10.0. The maximum atomic E-state index is 12.0. The van der Waals surface area contributed by atoms with E-state index in [-0.39, 0.29) is 23.3 Å². The zero-order chi connectivity index (χ0) is 13.8. The van der Waals surface area contributed by atoms with Crippen molar-refractivity contribution in [2.24, 2.45) is 0 Å². The van der Waals surface area contributed by atoms with Gasteiger partial charge in [-0.1, -0.05) is 0 Å². The number of H-pyrrole nitrogens is 1. The van der Waals surface area contributed by atoms with Crippen LogP contribution in [0.25, 0.3) is 0 Å². The summed E-state index contributed by atoms with van der Waals surface area (Å²) in [6.45, 7) is 0.404. The Labute approximate surface area is 113 Å². The number of nitrogens with one attached hydrogen (secondary N) is 3. The van der Waals surface area contributed by atoms with Gasteiger partial charge in [-0.3, -0.25) is 14.7 Å². The summed E-state index contributed by atoms with van der Waals surface area (Å²) < 4.78 is 0. The van der Waals surface area contributed by atoms with Crippen molar-refractivity contribution in [3.05, 3.63) is 28.4 Å². The van der Waals surface area contributed by atoms with Crippen molar-refractivity contribution >= 4 is 29.4 Å². The second-order valence-corrected chi connectivity index (χ2v) is 4.85. The molecule has 8 heteroatoms. The molecule has 2 amide bonds. The van der Waals surface area contributed by atoms with Crippen LogP contribution in [0.3, 0.4) is 0 Å². The van der Waals surface area contributed by atoms with Gasteiger partial charge in [-0.2, -0.15) is 5.10 Å². The highest BCUT2D eigenvalue weighted by Gasteiger charge is 2.27. The molecule has 100 valence electrons. The number of amides is 2. The number of nitrogens with zero attached hydrogens (tertiary/aromatic N) is 1. The number of thioether (sulfide) groups is 1. The highest BCUT2D eigenvalue weighted by atomic mass is 32.2. The number of hydrogen-bond acceptors (Lipinski definition) is 5. The number of rotatable bonds is 4. The minimum Gasteiger partial charge on any atom is -0.341 e. The summed E-state index contributed by atoms with van der Waals surface area (Å²) in [6, 6.07) is -0.280. The van der Waals surface area contributed by atoms with Gasteiger partial charge in [0.2, 0.25) is 11.6 Å². The SMILES string of the molecule is CNC(=O)NCCSC1=CC(=O)c2[nH]ncc2C1=O. The lowest BCUT2D eigenvalue weighted by Gasteiger charge is -2.10. The maximum absolute atomic E-state index is 12.0. The molecule has 0 saturated carbocycles. The first-order valence-electron chi connectivity index (χ1n) is 5.56. The Morgan fingerprint density at radius 1 is 1.47 bits per heavy atom. The van der Waals surface area contributed by atoms with E-state index in [1.54, 1.807) is 0 Å². The van der Waals surface area contributed by atoms with Crippen LogP contribution < -0.4 is 10.6 Å². The fourth-order valence-electron chi connectivity index (χ4n) is 1.56. The minimum atomic E-state index is -0.280. The molecule has 0 spiro atoms. The summed E-state index contributed by atoms with van der Waals surface area (Å²) in [6.07, 6.45) is 2.65. The molecule has 1 aromatic rings. The first kappa shape index (κ1) is 13.3. The molecule has 0 saturated heterocycles. The van der Waals surface area contributed by atoms with Crippen LogP contribution in [0.1, 0.15) is 20.8 Å². The fraction of sp³-hybridized carbons (Fsp3) is 0.273. The van der Waals surface area contributed by atoms with E-state index in [0.29, 0.717) is 22.8 Å². The highest BCUT2D eigenvalue weighted by molar-refractivity contribution is 8.04. The second kappa shape index (κ2) is 5.70. The van der Waals surface area contributed by atoms with Gasteiger partial charge < -0.3 is 10.6 Å². The van der Waals surface area contributed by atoms with Gasteiger partial charge >= 0.3 is 6.03 Å². The van der Waals surface area contributed by atoms with Crippen LogP contribution in [0.15, 0.2) is 17.2 Å². The van der Waals surface area contributed by atoms with Crippen LogP contribution in [-0.2, 0) is 0 Å². The number of urea groups is 1. The van der Waals surface area contributed by atoms with Crippen LogP contribution in [0.4, 0.5) is 4.79 Å². The number of hydrogen-bond donors (Lipinski definition) is 3. The second-order valence-electron chi connectivity index (χ2n) is 3.72. The predicted molar refractivity (Wildman–Crippen MR) is 70.2 cm³/mol. The smallest absolute Gasteiger partial charge is 0.314 e. The molecule has 3 N–H and O–H groups in total. The normalized spacial score (nSPS) is 13.8. The van der Waals surface area contributed by atoms with Crippen molar-refractivity contribution in [2.75, 3.05) is 19.3 Å². The molecule has 0 aromatic carbocycles. The van der Waals surface area contributed by atoms with Crippen molar-refractivity contribution in [2.45, 2.75) is 0 Å². The summed E-state index contributed by atoms with van der Waals surface area (Å²) >= 11 is 1.24. The number of allylic oxidation sites excluding steroid dienone is 2. The summed E-state index contributed by atoms with van der Waals surface area (Å²) in [5.74, 6) is 0.0352. The molecule has 0 bridgehead atoms. The van der Waals surface area contributed by atoms with Gasteiger partial charge in [0, 0.05) is 25.4 Å². The molecule has 0 atom stereocenters. The average Bonchev–Trinajstić information content (AvgIpc) is 2.89. The van der Waals surface area contributed by atoms with Gasteiger partial charge in [0.25, 0.3) is 0 Å². The molecule has 0 radical (unpaired) electrons. The fourth-order valence-corrected chi connectivity index (χ4v) is 2.41. The van der Waals surface area contributed by atoms with E-state index in [1.807, 2.05) is 0 Å². The number of ketones is 2. The molecule has 1 aromatic heterocycles. The van der Waals surface area contributed by atoms with Gasteiger partial charge in [0.15, 0.2) is 0 Å². The number of fused-ring (bicyclic) bond motifs is 1. The maximum Gasteiger partial charge on any atom is 0.314 e. The van der Waals surface area contributed by atoms with Crippen molar-refractivity contribution in [3.8, 4) is 0 Å². The van der Waals surface area contributed by atoms with Gasteiger partial charge in [-0.05, 0) is 0 Å². The Hall–Kier alpha value is -2.09. The highest BCUT2D eigenvalue weighted by Crippen LogP contribution is 2.26. The molecule has 1 aliphatic carbocycles. The largest absolute Gasteiger partial charge is 0.341 e. The lowest BCUT2D eigenvalue weighted by molar-refractivity contribution is 0.0989. The number of aromatic nitrogens is 2. The van der Waals surface area contributed by atoms with E-state index in [2.05, 4.69) is 20.8 Å². The molecule has 2 rings (SSSR count). The first-order chi connectivity index (χ1) is 9.13. The molecular weight excluding hydrogens is 268 g/mol. The monoisotopic (exact) mass is 280 g/mol. The van der Waals surface area contributed by atoms with Gasteiger partial charge in [-0.15, -0.1) is 11.8 Å². The molecule has 1 aliphatic rings. The van der Waals surface area contributed by atoms with Crippen LogP contribution in [0.2, 0.25) is 0 Å². The zero-order valence-corrected chi connectivity index (χ0v) is 11.0. The van der Waals surface area contributed by atoms with E-state index in [0.717, 1.165) is 0 Å². The lowest BCUT2D eigenvalue weighted by Crippen LogP contribution is -2.34. The van der Waals surface area contributed by atoms with Crippen LogP contribution >= 0.6 is 11.8 Å². The van der Waals surface area contributed by atoms with Crippen LogP contribution in [0, 0.1) is 0 Å². The number of Topliss-reactive ketones (excluding diaryl/α,β-unsaturated/α-hetero) is 1. The van der Waals surface area contributed by atoms with Gasteiger partial charge in [0.1, 0.15) is 5.69 Å². The Balaban J connectivity index is 1.93. The predicted octanol–water partition coefficient (Wildman–Crippen LogP) is 0.335. The average molecular weight is 280 g/mol. The molecule has 19 heavy (non-hydrogen) atoms.